The number of hydrogen-bond acceptors (Lipinski definition) is 8. The van der Waals surface area contributed by atoms with Crippen LogP contribution in [0, 0.1) is 6.92 Å². The predicted molar refractivity (Wildman–Crippen MR) is 137 cm³/mol. The van der Waals surface area contributed by atoms with Crippen molar-refractivity contribution in [3.8, 4) is 0 Å². The van der Waals surface area contributed by atoms with E-state index in [4.69, 9.17) is 14.7 Å². The molecule has 4 atom stereocenters. The smallest absolute Gasteiger partial charge is 0.371 e. The van der Waals surface area contributed by atoms with Crippen LogP contribution in [-0.4, -0.2) is 105 Å². The molecule has 4 unspecified atom stereocenters. The van der Waals surface area contributed by atoms with Crippen LogP contribution in [0.2, 0.25) is 0 Å². The summed E-state index contributed by atoms with van der Waals surface area (Å²) in [6.45, 7) is 6.00. The average molecular weight is 535 g/mol. The van der Waals surface area contributed by atoms with Gasteiger partial charge in [0, 0.05) is 43.4 Å². The Labute approximate surface area is 221 Å². The molecule has 0 bridgehead atoms. The summed E-state index contributed by atoms with van der Waals surface area (Å²) in [4.78, 5) is 21.5. The van der Waals surface area contributed by atoms with E-state index < -0.39 is 18.3 Å². The molecule has 12 heteroatoms. The van der Waals surface area contributed by atoms with Crippen molar-refractivity contribution in [2.24, 2.45) is 9.98 Å². The van der Waals surface area contributed by atoms with Gasteiger partial charge in [0.1, 0.15) is 29.6 Å². The number of amidine groups is 2. The Kier molecular flexibility index (Phi) is 6.53. The highest BCUT2D eigenvalue weighted by atomic mass is 19.4. The lowest BCUT2D eigenvalue weighted by molar-refractivity contribution is -0.143. The molecular weight excluding hydrogens is 497 g/mol. The fourth-order valence-corrected chi connectivity index (χ4v) is 6.98. The molecule has 1 aromatic heterocycles. The van der Waals surface area contributed by atoms with E-state index in [0.29, 0.717) is 44.0 Å². The number of aliphatic imine (C=N–C) groups is 2. The number of hydrogen-bond donors (Lipinski definition) is 0. The Morgan fingerprint density at radius 2 is 1.92 bits per heavy atom. The van der Waals surface area contributed by atoms with E-state index in [1.54, 1.807) is 6.92 Å². The minimum atomic E-state index is -4.39. The minimum absolute atomic E-state index is 0.172. The van der Waals surface area contributed by atoms with E-state index in [0.717, 1.165) is 35.0 Å². The first-order valence-corrected chi connectivity index (χ1v) is 13.8. The van der Waals surface area contributed by atoms with Crippen LogP contribution in [-0.2, 0) is 16.8 Å². The molecule has 5 aliphatic rings. The summed E-state index contributed by atoms with van der Waals surface area (Å²) in [7, 11) is 2.25. The first-order valence-electron chi connectivity index (χ1n) is 13.8. The van der Waals surface area contributed by atoms with Gasteiger partial charge in [0.15, 0.2) is 5.82 Å². The number of aryl methyl sites for hydroxylation is 1. The quantitative estimate of drug-likeness (QED) is 0.594. The molecule has 0 spiro atoms. The second-order valence-electron chi connectivity index (χ2n) is 11.5. The summed E-state index contributed by atoms with van der Waals surface area (Å²) < 4.78 is 47.1. The highest BCUT2D eigenvalue weighted by Gasteiger charge is 2.46. The van der Waals surface area contributed by atoms with Gasteiger partial charge in [-0.3, -0.25) is 4.99 Å². The Morgan fingerprint density at radius 3 is 2.71 bits per heavy atom. The largest absolute Gasteiger partial charge is 0.408 e. The fourth-order valence-electron chi connectivity index (χ4n) is 6.98. The van der Waals surface area contributed by atoms with Gasteiger partial charge in [-0.15, -0.1) is 0 Å². The average Bonchev–Trinajstić information content (AvgIpc) is 3.54. The van der Waals surface area contributed by atoms with Crippen molar-refractivity contribution in [3.63, 3.8) is 0 Å². The van der Waals surface area contributed by atoms with Crippen molar-refractivity contribution in [2.75, 3.05) is 39.8 Å². The monoisotopic (exact) mass is 534 g/mol. The van der Waals surface area contributed by atoms with Crippen molar-refractivity contribution in [3.05, 3.63) is 23.4 Å². The molecule has 6 heterocycles. The van der Waals surface area contributed by atoms with Crippen LogP contribution in [0.3, 0.4) is 0 Å². The third kappa shape index (κ3) is 4.74. The Morgan fingerprint density at radius 1 is 1.11 bits per heavy atom. The van der Waals surface area contributed by atoms with Crippen LogP contribution in [0.15, 0.2) is 21.8 Å². The molecule has 0 radical (unpaired) electrons. The number of ether oxygens (including phenoxy) is 1. The third-order valence-corrected chi connectivity index (χ3v) is 8.65. The lowest BCUT2D eigenvalue weighted by Crippen LogP contribution is -2.52. The van der Waals surface area contributed by atoms with E-state index in [2.05, 4.69) is 31.8 Å². The van der Waals surface area contributed by atoms with Gasteiger partial charge in [-0.25, -0.2) is 14.7 Å². The van der Waals surface area contributed by atoms with Gasteiger partial charge < -0.3 is 19.4 Å². The zero-order valence-electron chi connectivity index (χ0n) is 22.4. The fraction of sp³-hybridized carbons (Fsp3) is 0.769. The van der Waals surface area contributed by atoms with Gasteiger partial charge in [0.25, 0.3) is 0 Å². The molecule has 38 heavy (non-hydrogen) atoms. The number of likely N-dealkylation sites (N-methyl/N-ethyl adjacent to an activating group) is 1. The number of aromatic nitrogens is 3. The van der Waals surface area contributed by atoms with Crippen LogP contribution in [0.1, 0.15) is 57.1 Å². The first kappa shape index (κ1) is 25.8. The van der Waals surface area contributed by atoms with Crippen LogP contribution in [0.25, 0.3) is 0 Å². The van der Waals surface area contributed by atoms with E-state index in [-0.39, 0.29) is 11.9 Å². The molecule has 6 rings (SSSR count). The predicted octanol–water partition coefficient (Wildman–Crippen LogP) is 3.11. The molecule has 3 saturated heterocycles. The topological polar surface area (TPSA) is 74.4 Å². The summed E-state index contributed by atoms with van der Waals surface area (Å²) in [5.74, 6) is 2.38. The Balaban J connectivity index is 1.29. The van der Waals surface area contributed by atoms with Gasteiger partial charge in [-0.05, 0) is 53.1 Å². The number of alkyl halides is 3. The molecular formula is C26H37F3N8O. The van der Waals surface area contributed by atoms with E-state index in [1.807, 2.05) is 13.1 Å². The zero-order chi connectivity index (χ0) is 26.7. The standard InChI is InChI=1S/C26H37F3N8O/c1-17-31-24(37(33-17)16-26(27,28)29)25(2)15-35-11-12-38-21-13-22(30-14-18(21)23(35)32-25)36-10-6-8-20(36)19-7-4-5-9-34(19)3/h14,19-21H,4-13,15-16H2,1-3H3. The molecule has 208 valence electrons. The van der Waals surface area contributed by atoms with Crippen LogP contribution < -0.4 is 0 Å². The maximum absolute atomic E-state index is 13.3. The molecule has 0 saturated carbocycles. The summed E-state index contributed by atoms with van der Waals surface area (Å²) in [6.07, 6.45) is 4.16. The summed E-state index contributed by atoms with van der Waals surface area (Å²) in [6, 6.07) is 1.04. The normalized spacial score (nSPS) is 32.5. The highest BCUT2D eigenvalue weighted by molar-refractivity contribution is 6.03. The minimum Gasteiger partial charge on any atom is -0.371 e. The van der Waals surface area contributed by atoms with E-state index >= 15 is 0 Å². The van der Waals surface area contributed by atoms with E-state index in [9.17, 15) is 13.2 Å². The number of halogens is 3. The van der Waals surface area contributed by atoms with Gasteiger partial charge in [-0.2, -0.15) is 18.3 Å². The maximum Gasteiger partial charge on any atom is 0.408 e. The molecule has 5 aliphatic heterocycles. The third-order valence-electron chi connectivity index (χ3n) is 8.65. The van der Waals surface area contributed by atoms with Gasteiger partial charge >= 0.3 is 6.18 Å². The van der Waals surface area contributed by atoms with Crippen molar-refractivity contribution in [1.29, 1.82) is 0 Å². The molecule has 1 aromatic rings. The van der Waals surface area contributed by atoms with Crippen LogP contribution in [0.5, 0.6) is 0 Å². The second kappa shape index (κ2) is 9.62. The molecule has 3 fully saturated rings. The lowest BCUT2D eigenvalue weighted by Gasteiger charge is -2.42. The summed E-state index contributed by atoms with van der Waals surface area (Å²) in [5.41, 5.74) is -0.0423. The molecule has 0 N–H and O–H groups in total. The van der Waals surface area contributed by atoms with Gasteiger partial charge in [-0.1, -0.05) is 6.42 Å². The van der Waals surface area contributed by atoms with Crippen molar-refractivity contribution < 1.29 is 17.9 Å². The SMILES string of the molecule is Cc1nc(C2(C)CN3CCOC4CC(N5CCCC5C5CCCCN5C)=NC=C4C3=N2)n(CC(F)(F)F)n1. The van der Waals surface area contributed by atoms with Crippen molar-refractivity contribution >= 4 is 11.7 Å². The van der Waals surface area contributed by atoms with Crippen LogP contribution in [0.4, 0.5) is 13.2 Å². The lowest BCUT2D eigenvalue weighted by atomic mass is 9.94. The molecule has 0 amide bonds. The Hall–Kier alpha value is -2.47. The van der Waals surface area contributed by atoms with Gasteiger partial charge in [0.05, 0.1) is 19.3 Å². The summed E-state index contributed by atoms with van der Waals surface area (Å²) in [5, 5.41) is 4.04. The maximum atomic E-state index is 13.3. The van der Waals surface area contributed by atoms with Gasteiger partial charge in [0.2, 0.25) is 0 Å². The number of likely N-dealkylation sites (tertiary alicyclic amines) is 2. The second-order valence-corrected chi connectivity index (χ2v) is 11.5. The molecule has 0 aliphatic carbocycles. The Bertz CT molecular complexity index is 1160. The molecule has 0 aromatic carbocycles. The highest BCUT2D eigenvalue weighted by Crippen LogP contribution is 2.38. The van der Waals surface area contributed by atoms with Crippen molar-refractivity contribution in [2.45, 2.75) is 88.8 Å². The first-order chi connectivity index (χ1) is 18.1. The zero-order valence-corrected chi connectivity index (χ0v) is 22.4. The van der Waals surface area contributed by atoms with E-state index in [1.165, 1.54) is 32.1 Å². The number of piperidine rings is 1. The summed E-state index contributed by atoms with van der Waals surface area (Å²) >= 11 is 0. The number of nitrogens with zero attached hydrogens (tertiary/aromatic N) is 8. The number of rotatable bonds is 3. The molecule has 9 nitrogen and oxygen atoms in total. The number of fused-ring (bicyclic) bond motifs is 3. The van der Waals surface area contributed by atoms with Crippen molar-refractivity contribution in [1.82, 2.24) is 29.5 Å². The van der Waals surface area contributed by atoms with Crippen LogP contribution >= 0.6 is 0 Å².